The summed E-state index contributed by atoms with van der Waals surface area (Å²) in [7, 11) is 0. The Morgan fingerprint density at radius 3 is 2.27 bits per heavy atom. The van der Waals surface area contributed by atoms with Crippen molar-refractivity contribution in [2.45, 2.75) is 0 Å². The van der Waals surface area contributed by atoms with Gasteiger partial charge in [-0.3, -0.25) is 5.21 Å². The fourth-order valence-electron chi connectivity index (χ4n) is 0.608. The zero-order chi connectivity index (χ0) is 7.40. The summed E-state index contributed by atoms with van der Waals surface area (Å²) in [6.45, 7) is 0. The number of nitroso groups, excluding NO2 is 1. The fourth-order valence-corrected chi connectivity index (χ4v) is 0.608. The van der Waals surface area contributed by atoms with Gasteiger partial charge in [-0.2, -0.15) is 0 Å². The minimum atomic E-state index is 0. The SMILES string of the molecule is O=NN(O)c1ccccc1.[Zn]. The topological polar surface area (TPSA) is 52.9 Å². The van der Waals surface area contributed by atoms with Crippen LogP contribution in [0.25, 0.3) is 0 Å². The minimum Gasteiger partial charge on any atom is -0.265 e. The van der Waals surface area contributed by atoms with Crippen molar-refractivity contribution in [3.63, 3.8) is 0 Å². The first kappa shape index (κ1) is 10.2. The molecule has 54 valence electrons. The van der Waals surface area contributed by atoms with E-state index in [9.17, 15) is 4.91 Å². The third-order valence-electron chi connectivity index (χ3n) is 1.06. The molecule has 0 radical (unpaired) electrons. The number of benzene rings is 1. The van der Waals surface area contributed by atoms with Gasteiger partial charge in [-0.1, -0.05) is 18.2 Å². The zero-order valence-corrected chi connectivity index (χ0v) is 8.81. The molecule has 0 aliphatic rings. The molecular formula is C6H6N2O2Zn. The van der Waals surface area contributed by atoms with Gasteiger partial charge >= 0.3 is 0 Å². The molecule has 0 bridgehead atoms. The molecule has 1 N–H and O–H groups in total. The van der Waals surface area contributed by atoms with Gasteiger partial charge in [-0.05, 0) is 12.1 Å². The van der Waals surface area contributed by atoms with Crippen molar-refractivity contribution in [1.82, 2.24) is 0 Å². The van der Waals surface area contributed by atoms with Crippen molar-refractivity contribution in [2.24, 2.45) is 5.29 Å². The number of hydrogen-bond donors (Lipinski definition) is 1. The van der Waals surface area contributed by atoms with Gasteiger partial charge in [0.25, 0.3) is 0 Å². The Kier molecular flexibility index (Phi) is 4.58. The van der Waals surface area contributed by atoms with Crippen molar-refractivity contribution in [2.75, 3.05) is 5.17 Å². The second-order valence-electron chi connectivity index (χ2n) is 1.71. The maximum absolute atomic E-state index is 9.73. The molecule has 4 nitrogen and oxygen atoms in total. The van der Waals surface area contributed by atoms with Gasteiger partial charge in [-0.15, -0.1) is 10.1 Å². The summed E-state index contributed by atoms with van der Waals surface area (Å²) < 4.78 is 0. The fraction of sp³-hybridized carbons (Fsp3) is 0. The molecule has 0 saturated heterocycles. The molecule has 0 amide bonds. The second kappa shape index (κ2) is 4.93. The Hall–Kier alpha value is -0.797. The third-order valence-corrected chi connectivity index (χ3v) is 1.06. The number of para-hydroxylation sites is 1. The number of anilines is 1. The van der Waals surface area contributed by atoms with E-state index >= 15 is 0 Å². The number of hydrogen-bond acceptors (Lipinski definition) is 3. The summed E-state index contributed by atoms with van der Waals surface area (Å²) in [6.07, 6.45) is 0. The van der Waals surface area contributed by atoms with Crippen LogP contribution in [0.5, 0.6) is 0 Å². The van der Waals surface area contributed by atoms with Crippen LogP contribution in [0.3, 0.4) is 0 Å². The Balaban J connectivity index is 0.000001000. The van der Waals surface area contributed by atoms with Gasteiger partial charge in [-0.25, -0.2) is 0 Å². The molecule has 1 rings (SSSR count). The summed E-state index contributed by atoms with van der Waals surface area (Å²) in [5.41, 5.74) is 0.359. The van der Waals surface area contributed by atoms with E-state index < -0.39 is 0 Å². The van der Waals surface area contributed by atoms with E-state index in [2.05, 4.69) is 5.29 Å². The Morgan fingerprint density at radius 2 is 1.82 bits per heavy atom. The van der Waals surface area contributed by atoms with Crippen LogP contribution >= 0.6 is 0 Å². The minimum absolute atomic E-state index is 0. The maximum Gasteiger partial charge on any atom is 0.0932 e. The molecule has 0 atom stereocenters. The number of nitrogens with zero attached hydrogens (tertiary/aromatic N) is 2. The summed E-state index contributed by atoms with van der Waals surface area (Å²) in [4.78, 5) is 9.73. The quantitative estimate of drug-likeness (QED) is 0.451. The van der Waals surface area contributed by atoms with Gasteiger partial charge in [0.15, 0.2) is 0 Å². The average molecular weight is 204 g/mol. The van der Waals surface area contributed by atoms with E-state index in [-0.39, 0.29) is 24.7 Å². The molecule has 0 saturated carbocycles. The van der Waals surface area contributed by atoms with Crippen molar-refractivity contribution in [1.29, 1.82) is 0 Å². The predicted octanol–water partition coefficient (Wildman–Crippen LogP) is 1.56. The zero-order valence-electron chi connectivity index (χ0n) is 5.84. The van der Waals surface area contributed by atoms with E-state index in [0.717, 1.165) is 0 Å². The van der Waals surface area contributed by atoms with Crippen LogP contribution in [-0.2, 0) is 19.5 Å². The average Bonchev–Trinajstić information content (AvgIpc) is 2.05. The third kappa shape index (κ3) is 2.74. The van der Waals surface area contributed by atoms with E-state index in [1.54, 1.807) is 30.3 Å². The van der Waals surface area contributed by atoms with Crippen LogP contribution in [-0.4, -0.2) is 5.21 Å². The predicted molar refractivity (Wildman–Crippen MR) is 36.5 cm³/mol. The molecule has 0 unspecified atom stereocenters. The van der Waals surface area contributed by atoms with E-state index in [1.165, 1.54) is 0 Å². The first-order chi connectivity index (χ1) is 4.84. The van der Waals surface area contributed by atoms with E-state index in [4.69, 9.17) is 5.21 Å². The van der Waals surface area contributed by atoms with Crippen LogP contribution in [0.1, 0.15) is 0 Å². The van der Waals surface area contributed by atoms with Crippen LogP contribution in [0, 0.1) is 4.91 Å². The van der Waals surface area contributed by atoms with Gasteiger partial charge < -0.3 is 0 Å². The van der Waals surface area contributed by atoms with Crippen LogP contribution in [0.2, 0.25) is 0 Å². The van der Waals surface area contributed by atoms with Crippen LogP contribution in [0.4, 0.5) is 5.69 Å². The standard InChI is InChI=1S/C6H6N2O2.Zn/c9-7-8(10)6-4-2-1-3-5-6;/h1-5,10H;. The molecule has 1 aromatic carbocycles. The van der Waals surface area contributed by atoms with Crippen molar-refractivity contribution >= 4 is 5.69 Å². The Morgan fingerprint density at radius 1 is 1.27 bits per heavy atom. The van der Waals surface area contributed by atoms with Crippen LogP contribution < -0.4 is 5.17 Å². The molecule has 11 heavy (non-hydrogen) atoms. The molecule has 0 spiro atoms. The smallest absolute Gasteiger partial charge is 0.0932 e. The molecule has 0 heterocycles. The van der Waals surface area contributed by atoms with Gasteiger partial charge in [0.05, 0.1) is 11.0 Å². The molecule has 0 aromatic heterocycles. The molecule has 0 aliphatic carbocycles. The van der Waals surface area contributed by atoms with E-state index in [1.807, 2.05) is 0 Å². The maximum atomic E-state index is 9.73. The molecular weight excluding hydrogens is 197 g/mol. The Labute approximate surface area is 76.5 Å². The summed E-state index contributed by atoms with van der Waals surface area (Å²) >= 11 is 0. The van der Waals surface area contributed by atoms with E-state index in [0.29, 0.717) is 5.69 Å². The van der Waals surface area contributed by atoms with Crippen molar-refractivity contribution < 1.29 is 24.7 Å². The molecule has 0 aliphatic heterocycles. The molecule has 0 fully saturated rings. The van der Waals surface area contributed by atoms with Crippen molar-refractivity contribution in [3.8, 4) is 0 Å². The van der Waals surface area contributed by atoms with Gasteiger partial charge in [0.2, 0.25) is 0 Å². The van der Waals surface area contributed by atoms with Gasteiger partial charge in [0, 0.05) is 19.5 Å². The largest absolute Gasteiger partial charge is 0.265 e. The van der Waals surface area contributed by atoms with Crippen molar-refractivity contribution in [3.05, 3.63) is 35.2 Å². The summed E-state index contributed by atoms with van der Waals surface area (Å²) in [5, 5.41) is 11.3. The van der Waals surface area contributed by atoms with Gasteiger partial charge in [0.1, 0.15) is 0 Å². The first-order valence-electron chi connectivity index (χ1n) is 2.72. The first-order valence-corrected chi connectivity index (χ1v) is 2.72. The molecule has 1 aromatic rings. The monoisotopic (exact) mass is 202 g/mol. The molecule has 5 heteroatoms. The Bertz CT molecular complexity index is 217. The summed E-state index contributed by atoms with van der Waals surface area (Å²) in [6, 6.07) is 8.32. The normalized spacial score (nSPS) is 8.09. The number of rotatable bonds is 2. The summed E-state index contributed by atoms with van der Waals surface area (Å²) in [5.74, 6) is 0. The van der Waals surface area contributed by atoms with Crippen LogP contribution in [0.15, 0.2) is 35.6 Å². The second-order valence-corrected chi connectivity index (χ2v) is 1.71.